The van der Waals surface area contributed by atoms with Crippen LogP contribution in [0, 0.1) is 0 Å². The lowest BCUT2D eigenvalue weighted by molar-refractivity contribution is -0.00000734. The maximum Gasteiger partial charge on any atom is 1.00 e. The number of fused-ring (bicyclic) bond motifs is 1. The highest BCUT2D eigenvalue weighted by molar-refractivity contribution is 5.78. The van der Waals surface area contributed by atoms with Crippen LogP contribution in [0.2, 0.25) is 0 Å². The van der Waals surface area contributed by atoms with Crippen molar-refractivity contribution in [3.8, 4) is 5.75 Å². The van der Waals surface area contributed by atoms with Gasteiger partial charge in [-0.25, -0.2) is 4.98 Å². The van der Waals surface area contributed by atoms with Crippen molar-refractivity contribution in [2.75, 3.05) is 0 Å². The first kappa shape index (κ1) is 20.2. The van der Waals surface area contributed by atoms with Crippen molar-refractivity contribution >= 4 is 10.9 Å². The molecular formula is C22H26ClNO2. The highest BCUT2D eigenvalue weighted by Crippen LogP contribution is 2.24. The van der Waals surface area contributed by atoms with Crippen LogP contribution in [-0.2, 0) is 6.61 Å². The van der Waals surface area contributed by atoms with Crippen LogP contribution in [-0.4, -0.2) is 10.1 Å². The van der Waals surface area contributed by atoms with Crippen LogP contribution in [0.3, 0.4) is 0 Å². The monoisotopic (exact) mass is 371 g/mol. The number of ether oxygens (including phenoxy) is 1. The van der Waals surface area contributed by atoms with E-state index in [1.54, 1.807) is 0 Å². The van der Waals surface area contributed by atoms with E-state index in [-0.39, 0.29) is 13.8 Å². The highest BCUT2D eigenvalue weighted by Gasteiger charge is 2.08. The molecule has 2 aromatic carbocycles. The Kier molecular flexibility index (Phi) is 7.89. The number of benzene rings is 2. The Labute approximate surface area is 162 Å². The van der Waals surface area contributed by atoms with Crippen LogP contribution < -0.4 is 17.1 Å². The Morgan fingerprint density at radius 2 is 1.88 bits per heavy atom. The standard InChI is InChI=1S/C22H25NO2.ClH/c1-2-3-4-12-22(24)18-9-7-10-20(15-18)25-16-19-14-13-17-8-5-6-11-21(17)23-19;/h5-11,13-15,22,24H,2-4,12,16H2,1H3;1H. The fourth-order valence-electron chi connectivity index (χ4n) is 2.91. The van der Waals surface area contributed by atoms with Gasteiger partial charge in [0, 0.05) is 5.39 Å². The summed E-state index contributed by atoms with van der Waals surface area (Å²) in [5.74, 6) is 0.766. The Morgan fingerprint density at radius 3 is 2.73 bits per heavy atom. The fraction of sp³-hybridized carbons (Fsp3) is 0.318. The van der Waals surface area contributed by atoms with Gasteiger partial charge in [-0.05, 0) is 36.2 Å². The number of pyridine rings is 1. The summed E-state index contributed by atoms with van der Waals surface area (Å²) in [6.07, 6.45) is 3.73. The maximum absolute atomic E-state index is 10.3. The molecule has 4 heteroatoms. The Morgan fingerprint density at radius 1 is 1.04 bits per heavy atom. The molecule has 26 heavy (non-hydrogen) atoms. The van der Waals surface area contributed by atoms with Gasteiger partial charge in [-0.1, -0.05) is 62.6 Å². The number of hydrogen-bond acceptors (Lipinski definition) is 3. The van der Waals surface area contributed by atoms with Gasteiger partial charge in [-0.3, -0.25) is 0 Å². The zero-order chi connectivity index (χ0) is 17.5. The van der Waals surface area contributed by atoms with E-state index in [0.29, 0.717) is 6.61 Å². The number of aliphatic hydroxyl groups excluding tert-OH is 1. The van der Waals surface area contributed by atoms with E-state index in [1.807, 2.05) is 48.5 Å². The predicted octanol–water partition coefficient (Wildman–Crippen LogP) is 2.54. The van der Waals surface area contributed by atoms with Crippen molar-refractivity contribution in [2.45, 2.75) is 45.3 Å². The number of nitrogens with zero attached hydrogens (tertiary/aromatic N) is 1. The minimum atomic E-state index is -0.422. The molecule has 1 atom stereocenters. The number of halogens is 1. The molecule has 0 aliphatic rings. The van der Waals surface area contributed by atoms with Crippen LogP contribution in [0.4, 0.5) is 0 Å². The summed E-state index contributed by atoms with van der Waals surface area (Å²) in [5.41, 5.74) is 2.79. The van der Waals surface area contributed by atoms with Crippen molar-refractivity contribution in [3.05, 3.63) is 71.9 Å². The smallest absolute Gasteiger partial charge is 1.00 e. The van der Waals surface area contributed by atoms with Crippen molar-refractivity contribution in [1.29, 1.82) is 0 Å². The lowest BCUT2D eigenvalue weighted by atomic mass is 10.0. The zero-order valence-electron chi connectivity index (χ0n) is 16.1. The third-order valence-corrected chi connectivity index (χ3v) is 4.37. The van der Waals surface area contributed by atoms with Crippen molar-refractivity contribution in [3.63, 3.8) is 0 Å². The molecule has 0 saturated carbocycles. The largest absolute Gasteiger partial charge is 1.00 e. The van der Waals surface area contributed by atoms with Gasteiger partial charge in [-0.2, -0.15) is 0 Å². The average molecular weight is 372 g/mol. The zero-order valence-corrected chi connectivity index (χ0v) is 15.8. The lowest BCUT2D eigenvalue weighted by Gasteiger charge is -2.13. The summed E-state index contributed by atoms with van der Waals surface area (Å²) in [6, 6.07) is 19.9. The van der Waals surface area contributed by atoms with Gasteiger partial charge in [0.1, 0.15) is 12.4 Å². The van der Waals surface area contributed by atoms with Gasteiger partial charge in [0.05, 0.1) is 17.3 Å². The minimum absolute atomic E-state index is 0. The van der Waals surface area contributed by atoms with E-state index in [9.17, 15) is 5.11 Å². The van der Waals surface area contributed by atoms with Crippen molar-refractivity contribution in [1.82, 2.24) is 4.98 Å². The molecule has 0 fully saturated rings. The van der Waals surface area contributed by atoms with Crippen LogP contribution >= 0.6 is 0 Å². The molecule has 0 spiro atoms. The molecule has 3 nitrogen and oxygen atoms in total. The SMILES string of the molecule is CCCCCC(O)c1cccc(OCc2ccc3ccccc3n2)c1.[Cl-].[H+]. The van der Waals surface area contributed by atoms with E-state index < -0.39 is 6.10 Å². The van der Waals surface area contributed by atoms with E-state index in [4.69, 9.17) is 4.74 Å². The van der Waals surface area contributed by atoms with Crippen molar-refractivity contribution < 1.29 is 23.7 Å². The first-order valence-electron chi connectivity index (χ1n) is 9.02. The number of aliphatic hydroxyl groups is 1. The van der Waals surface area contributed by atoms with E-state index >= 15 is 0 Å². The Hall–Kier alpha value is -2.10. The molecule has 1 aromatic heterocycles. The summed E-state index contributed by atoms with van der Waals surface area (Å²) in [7, 11) is 0. The molecule has 1 unspecified atom stereocenters. The summed E-state index contributed by atoms with van der Waals surface area (Å²) >= 11 is 0. The number of para-hydroxylation sites is 1. The van der Waals surface area contributed by atoms with E-state index in [2.05, 4.69) is 24.0 Å². The molecule has 3 aromatic rings. The molecular weight excluding hydrogens is 346 g/mol. The lowest BCUT2D eigenvalue weighted by Crippen LogP contribution is -3.00. The molecule has 0 saturated heterocycles. The fourth-order valence-corrected chi connectivity index (χ4v) is 2.91. The maximum atomic E-state index is 10.3. The Balaban J connectivity index is 0.00000182. The number of hydrogen-bond donors (Lipinski definition) is 1. The summed E-state index contributed by atoms with van der Waals surface area (Å²) < 4.78 is 5.88. The number of unbranched alkanes of at least 4 members (excludes halogenated alkanes) is 2. The highest BCUT2D eigenvalue weighted by atomic mass is 35.5. The molecule has 138 valence electrons. The van der Waals surface area contributed by atoms with Crippen LogP contribution in [0.1, 0.15) is 51.4 Å². The third-order valence-electron chi connectivity index (χ3n) is 4.37. The number of rotatable bonds is 8. The molecule has 0 aliphatic carbocycles. The first-order chi connectivity index (χ1) is 12.3. The number of aromatic nitrogens is 1. The molecule has 1 heterocycles. The molecule has 0 radical (unpaired) electrons. The molecule has 1 N–H and O–H groups in total. The van der Waals surface area contributed by atoms with Gasteiger partial charge in [0.2, 0.25) is 0 Å². The quantitative estimate of drug-likeness (QED) is 0.619. The van der Waals surface area contributed by atoms with Crippen LogP contribution in [0.5, 0.6) is 5.75 Å². The van der Waals surface area contributed by atoms with E-state index in [0.717, 1.165) is 53.6 Å². The summed E-state index contributed by atoms with van der Waals surface area (Å²) in [4.78, 5) is 4.62. The molecule has 0 aliphatic heterocycles. The second-order valence-electron chi connectivity index (χ2n) is 6.37. The van der Waals surface area contributed by atoms with Gasteiger partial charge >= 0.3 is 1.43 Å². The Bertz CT molecular complexity index is 828. The molecule has 3 rings (SSSR count). The van der Waals surface area contributed by atoms with Crippen LogP contribution in [0.25, 0.3) is 10.9 Å². The normalized spacial score (nSPS) is 11.8. The van der Waals surface area contributed by atoms with Crippen molar-refractivity contribution in [2.24, 2.45) is 0 Å². The average Bonchev–Trinajstić information content (AvgIpc) is 2.66. The minimum Gasteiger partial charge on any atom is -1.00 e. The summed E-state index contributed by atoms with van der Waals surface area (Å²) in [5, 5.41) is 11.4. The second kappa shape index (κ2) is 10.1. The van der Waals surface area contributed by atoms with E-state index in [1.165, 1.54) is 0 Å². The predicted molar refractivity (Wildman–Crippen MR) is 103 cm³/mol. The van der Waals surface area contributed by atoms with Crippen LogP contribution in [0.15, 0.2) is 60.7 Å². The third kappa shape index (κ3) is 5.45. The summed E-state index contributed by atoms with van der Waals surface area (Å²) in [6.45, 7) is 2.59. The topological polar surface area (TPSA) is 42.4 Å². The van der Waals surface area contributed by atoms with Gasteiger partial charge in [0.25, 0.3) is 0 Å². The first-order valence-corrected chi connectivity index (χ1v) is 9.02. The van der Waals surface area contributed by atoms with Gasteiger partial charge in [-0.15, -0.1) is 0 Å². The second-order valence-corrected chi connectivity index (χ2v) is 6.37. The van der Waals surface area contributed by atoms with Gasteiger partial charge in [0.15, 0.2) is 0 Å². The molecule has 0 bridgehead atoms. The van der Waals surface area contributed by atoms with Gasteiger partial charge < -0.3 is 22.3 Å². The molecule has 0 amide bonds.